The summed E-state index contributed by atoms with van der Waals surface area (Å²) in [4.78, 5) is 22.4. The number of aryl methyl sites for hydroxylation is 1. The molecule has 0 bridgehead atoms. The van der Waals surface area contributed by atoms with Gasteiger partial charge in [-0.05, 0) is 24.5 Å². The molecule has 0 saturated carbocycles. The summed E-state index contributed by atoms with van der Waals surface area (Å²) in [5, 5.41) is 14.3. The lowest BCUT2D eigenvalue weighted by Gasteiger charge is -2.11. The van der Waals surface area contributed by atoms with Crippen molar-refractivity contribution in [1.29, 1.82) is 0 Å². The molecular formula is C16H24N2O3. The summed E-state index contributed by atoms with van der Waals surface area (Å²) in [6.45, 7) is 2.80. The van der Waals surface area contributed by atoms with Crippen LogP contribution in [-0.2, 0) is 11.2 Å². The van der Waals surface area contributed by atoms with Crippen LogP contribution in [0.15, 0.2) is 24.3 Å². The quantitative estimate of drug-likeness (QED) is 0.610. The topological polar surface area (TPSA) is 78.4 Å². The normalized spacial score (nSPS) is 10.1. The summed E-state index contributed by atoms with van der Waals surface area (Å²) in [5.41, 5.74) is 1.51. The van der Waals surface area contributed by atoms with Crippen LogP contribution in [0.25, 0.3) is 0 Å². The number of aliphatic carboxylic acids is 1. The Hall–Kier alpha value is -2.04. The number of carbonyl (C=O) groups excluding carboxylic acids is 1. The summed E-state index contributed by atoms with van der Waals surface area (Å²) in [6.07, 6.45) is 4.90. The van der Waals surface area contributed by atoms with Gasteiger partial charge in [0.05, 0.1) is 0 Å². The summed E-state index contributed by atoms with van der Waals surface area (Å²) in [6, 6.07) is 7.04. The predicted molar refractivity (Wildman–Crippen MR) is 83.6 cm³/mol. The number of carbonyl (C=O) groups is 2. The smallest absolute Gasteiger partial charge is 0.319 e. The molecule has 116 valence electrons. The molecule has 0 unspecified atom stereocenters. The second-order valence-electron chi connectivity index (χ2n) is 4.99. The largest absolute Gasteiger partial charge is 0.481 e. The number of carboxylic acid groups (broad SMARTS) is 1. The number of para-hydroxylation sites is 1. The molecule has 5 heteroatoms. The minimum Gasteiger partial charge on any atom is -0.481 e. The predicted octanol–water partition coefficient (Wildman–Crippen LogP) is 3.41. The fourth-order valence-corrected chi connectivity index (χ4v) is 2.02. The molecule has 0 atom stereocenters. The summed E-state index contributed by atoms with van der Waals surface area (Å²) < 4.78 is 0. The highest BCUT2D eigenvalue weighted by Crippen LogP contribution is 2.16. The number of hydrogen-bond acceptors (Lipinski definition) is 2. The SMILES string of the molecule is CCCCCCNC(=O)Nc1ccccc1CCC(=O)O. The highest BCUT2D eigenvalue weighted by molar-refractivity contribution is 5.90. The molecule has 0 saturated heterocycles. The highest BCUT2D eigenvalue weighted by Gasteiger charge is 2.07. The third kappa shape index (κ3) is 7.34. The van der Waals surface area contributed by atoms with Gasteiger partial charge in [0.15, 0.2) is 0 Å². The van der Waals surface area contributed by atoms with E-state index in [1.807, 2.05) is 18.2 Å². The van der Waals surface area contributed by atoms with E-state index in [2.05, 4.69) is 17.6 Å². The number of nitrogens with one attached hydrogen (secondary N) is 2. The lowest BCUT2D eigenvalue weighted by atomic mass is 10.1. The summed E-state index contributed by atoms with van der Waals surface area (Å²) in [7, 11) is 0. The molecule has 0 radical (unpaired) electrons. The van der Waals surface area contributed by atoms with Gasteiger partial charge >= 0.3 is 12.0 Å². The highest BCUT2D eigenvalue weighted by atomic mass is 16.4. The van der Waals surface area contributed by atoms with E-state index in [1.54, 1.807) is 6.07 Å². The Morgan fingerprint density at radius 1 is 1.14 bits per heavy atom. The maximum Gasteiger partial charge on any atom is 0.319 e. The Balaban J connectivity index is 2.42. The van der Waals surface area contributed by atoms with Crippen LogP contribution in [0.1, 0.15) is 44.6 Å². The Bertz CT molecular complexity index is 461. The van der Waals surface area contributed by atoms with Crippen molar-refractivity contribution in [2.75, 3.05) is 11.9 Å². The fourth-order valence-electron chi connectivity index (χ4n) is 2.02. The van der Waals surface area contributed by atoms with Crippen molar-refractivity contribution >= 4 is 17.7 Å². The van der Waals surface area contributed by atoms with Crippen molar-refractivity contribution in [3.05, 3.63) is 29.8 Å². The van der Waals surface area contributed by atoms with E-state index in [0.717, 1.165) is 18.4 Å². The Morgan fingerprint density at radius 3 is 2.62 bits per heavy atom. The summed E-state index contributed by atoms with van der Waals surface area (Å²) in [5.74, 6) is -0.842. The van der Waals surface area contributed by atoms with E-state index in [1.165, 1.54) is 12.8 Å². The third-order valence-corrected chi connectivity index (χ3v) is 3.19. The van der Waals surface area contributed by atoms with Gasteiger partial charge in [-0.1, -0.05) is 44.4 Å². The Labute approximate surface area is 125 Å². The Kier molecular flexibility index (Phi) is 7.94. The van der Waals surface area contributed by atoms with Gasteiger partial charge in [0.25, 0.3) is 0 Å². The molecule has 0 aliphatic heterocycles. The molecule has 3 N–H and O–H groups in total. The van der Waals surface area contributed by atoms with Gasteiger partial charge in [0.1, 0.15) is 0 Å². The van der Waals surface area contributed by atoms with Crippen molar-refractivity contribution in [1.82, 2.24) is 5.32 Å². The van der Waals surface area contributed by atoms with E-state index in [-0.39, 0.29) is 12.5 Å². The van der Waals surface area contributed by atoms with Crippen molar-refractivity contribution in [2.24, 2.45) is 0 Å². The fraction of sp³-hybridized carbons (Fsp3) is 0.500. The molecule has 0 aliphatic carbocycles. The van der Waals surface area contributed by atoms with E-state index in [9.17, 15) is 9.59 Å². The Morgan fingerprint density at radius 2 is 1.90 bits per heavy atom. The molecule has 0 aromatic heterocycles. The first-order valence-corrected chi connectivity index (χ1v) is 7.48. The van der Waals surface area contributed by atoms with Crippen molar-refractivity contribution < 1.29 is 14.7 Å². The molecule has 0 heterocycles. The third-order valence-electron chi connectivity index (χ3n) is 3.19. The van der Waals surface area contributed by atoms with Crippen molar-refractivity contribution in [3.63, 3.8) is 0 Å². The van der Waals surface area contributed by atoms with Crippen LogP contribution in [-0.4, -0.2) is 23.7 Å². The average molecular weight is 292 g/mol. The average Bonchev–Trinajstić information content (AvgIpc) is 2.46. The van der Waals surface area contributed by atoms with Crippen LogP contribution in [0.2, 0.25) is 0 Å². The second-order valence-corrected chi connectivity index (χ2v) is 4.99. The molecule has 2 amide bonds. The molecule has 1 rings (SSSR count). The van der Waals surface area contributed by atoms with Gasteiger partial charge in [-0.15, -0.1) is 0 Å². The number of hydrogen-bond donors (Lipinski definition) is 3. The number of anilines is 1. The van der Waals surface area contributed by atoms with Gasteiger partial charge in [-0.3, -0.25) is 4.79 Å². The van der Waals surface area contributed by atoms with Crippen molar-refractivity contribution in [3.8, 4) is 0 Å². The minimum atomic E-state index is -0.842. The van der Waals surface area contributed by atoms with E-state index < -0.39 is 5.97 Å². The molecular weight excluding hydrogens is 268 g/mol. The van der Waals surface area contributed by atoms with Crippen LogP contribution in [0.4, 0.5) is 10.5 Å². The number of benzene rings is 1. The van der Waals surface area contributed by atoms with Crippen LogP contribution < -0.4 is 10.6 Å². The first kappa shape index (κ1) is 17.0. The van der Waals surface area contributed by atoms with Gasteiger partial charge in [-0.2, -0.15) is 0 Å². The molecule has 0 spiro atoms. The zero-order valence-corrected chi connectivity index (χ0v) is 12.5. The van der Waals surface area contributed by atoms with E-state index in [4.69, 9.17) is 5.11 Å². The molecule has 21 heavy (non-hydrogen) atoms. The first-order valence-electron chi connectivity index (χ1n) is 7.48. The standard InChI is InChI=1S/C16H24N2O3/c1-2-3-4-7-12-17-16(21)18-14-9-6-5-8-13(14)10-11-15(19)20/h5-6,8-9H,2-4,7,10-12H2,1H3,(H,19,20)(H2,17,18,21). The summed E-state index contributed by atoms with van der Waals surface area (Å²) >= 11 is 0. The maximum absolute atomic E-state index is 11.8. The number of amides is 2. The molecule has 1 aromatic carbocycles. The second kappa shape index (κ2) is 9.80. The van der Waals surface area contributed by atoms with E-state index >= 15 is 0 Å². The van der Waals surface area contributed by atoms with Gasteiger partial charge in [-0.25, -0.2) is 4.79 Å². The number of rotatable bonds is 9. The maximum atomic E-state index is 11.8. The van der Waals surface area contributed by atoms with E-state index in [0.29, 0.717) is 18.7 Å². The van der Waals surface area contributed by atoms with Gasteiger partial charge < -0.3 is 15.7 Å². The first-order chi connectivity index (χ1) is 10.1. The number of carboxylic acids is 1. The van der Waals surface area contributed by atoms with Crippen LogP contribution >= 0.6 is 0 Å². The zero-order chi connectivity index (χ0) is 15.5. The zero-order valence-electron chi connectivity index (χ0n) is 12.5. The van der Waals surface area contributed by atoms with Gasteiger partial charge in [0, 0.05) is 18.7 Å². The molecule has 5 nitrogen and oxygen atoms in total. The van der Waals surface area contributed by atoms with Crippen molar-refractivity contribution in [2.45, 2.75) is 45.4 Å². The minimum absolute atomic E-state index is 0.0529. The number of unbranched alkanes of at least 4 members (excludes halogenated alkanes) is 3. The van der Waals surface area contributed by atoms with Crippen LogP contribution in [0.5, 0.6) is 0 Å². The molecule has 0 aliphatic rings. The van der Waals surface area contributed by atoms with Gasteiger partial charge in [0.2, 0.25) is 0 Å². The lowest BCUT2D eigenvalue weighted by molar-refractivity contribution is -0.136. The lowest BCUT2D eigenvalue weighted by Crippen LogP contribution is -2.29. The monoisotopic (exact) mass is 292 g/mol. The molecule has 1 aromatic rings. The molecule has 0 fully saturated rings. The van der Waals surface area contributed by atoms with Crippen LogP contribution in [0.3, 0.4) is 0 Å². The van der Waals surface area contributed by atoms with Crippen LogP contribution in [0, 0.1) is 0 Å². The number of urea groups is 1.